The fraction of sp³-hybridized carbons (Fsp3) is 0.800. The first kappa shape index (κ1) is 9.49. The van der Waals surface area contributed by atoms with Crippen LogP contribution in [0, 0.1) is 5.92 Å². The molecule has 1 aliphatic carbocycles. The van der Waals surface area contributed by atoms with Crippen LogP contribution in [0.2, 0.25) is 0 Å². The Kier molecular flexibility index (Phi) is 2.44. The third-order valence-electron chi connectivity index (χ3n) is 2.96. The Hall–Kier alpha value is -1.06. The number of carbonyl (C=O) groups excluding carboxylic acids is 2. The highest BCUT2D eigenvalue weighted by atomic mass is 16.6. The largest absolute Gasteiger partial charge is 0.461 e. The van der Waals surface area contributed by atoms with Crippen molar-refractivity contribution < 1.29 is 14.3 Å². The zero-order valence-electron chi connectivity index (χ0n) is 8.29. The lowest BCUT2D eigenvalue weighted by Crippen LogP contribution is -2.43. The summed E-state index contributed by atoms with van der Waals surface area (Å²) in [6, 6.07) is -0.405. The minimum atomic E-state index is -0.405. The molecule has 1 aliphatic heterocycles. The van der Waals surface area contributed by atoms with E-state index in [2.05, 4.69) is 5.32 Å². The number of cyclic esters (lactones) is 1. The molecule has 0 aromatic heterocycles. The molecule has 0 bridgehead atoms. The van der Waals surface area contributed by atoms with Gasteiger partial charge in [-0.15, -0.1) is 0 Å². The van der Waals surface area contributed by atoms with Crippen LogP contribution in [0.1, 0.15) is 32.6 Å². The first-order valence-electron chi connectivity index (χ1n) is 5.17. The van der Waals surface area contributed by atoms with E-state index in [0.29, 0.717) is 6.42 Å². The van der Waals surface area contributed by atoms with E-state index in [1.807, 2.05) is 6.92 Å². The third-order valence-corrected chi connectivity index (χ3v) is 2.96. The van der Waals surface area contributed by atoms with E-state index in [9.17, 15) is 9.59 Å². The molecular formula is C10H15NO3. The molecule has 1 saturated heterocycles. The molecule has 14 heavy (non-hydrogen) atoms. The van der Waals surface area contributed by atoms with Crippen molar-refractivity contribution in [1.82, 2.24) is 5.32 Å². The van der Waals surface area contributed by atoms with E-state index >= 15 is 0 Å². The van der Waals surface area contributed by atoms with E-state index in [-0.39, 0.29) is 23.9 Å². The van der Waals surface area contributed by atoms with Gasteiger partial charge in [-0.1, -0.05) is 6.42 Å². The van der Waals surface area contributed by atoms with Crippen molar-refractivity contribution >= 4 is 11.9 Å². The summed E-state index contributed by atoms with van der Waals surface area (Å²) in [6.07, 6.45) is 3.60. The Bertz CT molecular complexity index is 260. The molecule has 4 heteroatoms. The minimum Gasteiger partial charge on any atom is -0.461 e. The quantitative estimate of drug-likeness (QED) is 0.660. The Morgan fingerprint density at radius 1 is 1.50 bits per heavy atom. The molecule has 1 N–H and O–H groups in total. The molecule has 0 aromatic carbocycles. The molecule has 1 heterocycles. The van der Waals surface area contributed by atoms with Crippen LogP contribution in [-0.4, -0.2) is 24.0 Å². The van der Waals surface area contributed by atoms with Gasteiger partial charge in [-0.05, 0) is 19.8 Å². The monoisotopic (exact) mass is 197 g/mol. The Balaban J connectivity index is 1.84. The first-order valence-corrected chi connectivity index (χ1v) is 5.17. The zero-order valence-corrected chi connectivity index (χ0v) is 8.29. The topological polar surface area (TPSA) is 55.4 Å². The van der Waals surface area contributed by atoms with Crippen LogP contribution in [0.4, 0.5) is 0 Å². The van der Waals surface area contributed by atoms with E-state index in [1.165, 1.54) is 0 Å². The predicted octanol–water partition coefficient (Wildman–Crippen LogP) is 0.607. The fourth-order valence-corrected chi connectivity index (χ4v) is 1.83. The Morgan fingerprint density at radius 2 is 2.21 bits per heavy atom. The van der Waals surface area contributed by atoms with Crippen molar-refractivity contribution in [3.05, 3.63) is 0 Å². The third kappa shape index (κ3) is 1.74. The molecule has 0 radical (unpaired) electrons. The number of hydrogen-bond acceptors (Lipinski definition) is 3. The van der Waals surface area contributed by atoms with Gasteiger partial charge in [0.1, 0.15) is 12.1 Å². The molecule has 0 aromatic rings. The summed E-state index contributed by atoms with van der Waals surface area (Å²) in [6.45, 7) is 1.84. The van der Waals surface area contributed by atoms with Crippen molar-refractivity contribution in [1.29, 1.82) is 0 Å². The minimum absolute atomic E-state index is 0.0206. The van der Waals surface area contributed by atoms with Gasteiger partial charge in [-0.3, -0.25) is 4.79 Å². The second-order valence-electron chi connectivity index (χ2n) is 4.17. The summed E-state index contributed by atoms with van der Waals surface area (Å²) in [5, 5.41) is 2.75. The van der Waals surface area contributed by atoms with Gasteiger partial charge in [-0.2, -0.15) is 0 Å². The van der Waals surface area contributed by atoms with E-state index in [0.717, 1.165) is 19.3 Å². The number of carbonyl (C=O) groups is 2. The van der Waals surface area contributed by atoms with Gasteiger partial charge in [0.15, 0.2) is 0 Å². The summed E-state index contributed by atoms with van der Waals surface area (Å²) < 4.78 is 4.95. The molecule has 2 atom stereocenters. The average molecular weight is 197 g/mol. The Labute approximate surface area is 83.0 Å². The van der Waals surface area contributed by atoms with Crippen molar-refractivity contribution in [2.45, 2.75) is 44.8 Å². The molecule has 2 fully saturated rings. The van der Waals surface area contributed by atoms with Crippen LogP contribution in [0.25, 0.3) is 0 Å². The van der Waals surface area contributed by atoms with Gasteiger partial charge < -0.3 is 10.1 Å². The number of amides is 1. The SMILES string of the molecule is CC1CC(NC(=O)C2CCC2)C(=O)O1. The zero-order chi connectivity index (χ0) is 10.1. The van der Waals surface area contributed by atoms with Gasteiger partial charge in [0.2, 0.25) is 5.91 Å². The van der Waals surface area contributed by atoms with Crippen molar-refractivity contribution in [3.8, 4) is 0 Å². The molecule has 2 aliphatic rings. The van der Waals surface area contributed by atoms with E-state index < -0.39 is 6.04 Å². The summed E-state index contributed by atoms with van der Waals surface area (Å²) >= 11 is 0. The van der Waals surface area contributed by atoms with Gasteiger partial charge in [0, 0.05) is 12.3 Å². The van der Waals surface area contributed by atoms with E-state index in [4.69, 9.17) is 4.74 Å². The van der Waals surface area contributed by atoms with Gasteiger partial charge in [0.25, 0.3) is 0 Å². The first-order chi connectivity index (χ1) is 6.66. The highest BCUT2D eigenvalue weighted by Gasteiger charge is 2.35. The summed E-state index contributed by atoms with van der Waals surface area (Å²) in [5.41, 5.74) is 0. The summed E-state index contributed by atoms with van der Waals surface area (Å²) in [7, 11) is 0. The Morgan fingerprint density at radius 3 is 2.64 bits per heavy atom. The van der Waals surface area contributed by atoms with Crippen LogP contribution in [-0.2, 0) is 14.3 Å². The van der Waals surface area contributed by atoms with Crippen LogP contribution < -0.4 is 5.32 Å². The highest BCUT2D eigenvalue weighted by molar-refractivity contribution is 5.87. The average Bonchev–Trinajstić information content (AvgIpc) is 2.26. The van der Waals surface area contributed by atoms with Gasteiger partial charge >= 0.3 is 5.97 Å². The summed E-state index contributed by atoms with van der Waals surface area (Å²) in [4.78, 5) is 22.7. The number of rotatable bonds is 2. The number of nitrogens with one attached hydrogen (secondary N) is 1. The number of hydrogen-bond donors (Lipinski definition) is 1. The van der Waals surface area contributed by atoms with Gasteiger partial charge in [0.05, 0.1) is 0 Å². The normalized spacial score (nSPS) is 32.2. The van der Waals surface area contributed by atoms with E-state index in [1.54, 1.807) is 0 Å². The maximum absolute atomic E-state index is 11.5. The smallest absolute Gasteiger partial charge is 0.329 e. The fourth-order valence-electron chi connectivity index (χ4n) is 1.83. The van der Waals surface area contributed by atoms with Crippen molar-refractivity contribution in [3.63, 3.8) is 0 Å². The second kappa shape index (κ2) is 3.59. The molecule has 1 amide bonds. The number of esters is 1. The molecule has 1 saturated carbocycles. The number of ether oxygens (including phenoxy) is 1. The molecule has 2 rings (SSSR count). The lowest BCUT2D eigenvalue weighted by molar-refractivity contribution is -0.144. The maximum Gasteiger partial charge on any atom is 0.329 e. The standard InChI is InChI=1S/C10H15NO3/c1-6-5-8(10(13)14-6)11-9(12)7-3-2-4-7/h6-8H,2-5H2,1H3,(H,11,12). The molecule has 78 valence electrons. The van der Waals surface area contributed by atoms with Crippen molar-refractivity contribution in [2.24, 2.45) is 5.92 Å². The highest BCUT2D eigenvalue weighted by Crippen LogP contribution is 2.27. The van der Waals surface area contributed by atoms with Crippen LogP contribution in [0.15, 0.2) is 0 Å². The lowest BCUT2D eigenvalue weighted by Gasteiger charge is -2.25. The molecule has 2 unspecified atom stereocenters. The van der Waals surface area contributed by atoms with Crippen LogP contribution >= 0.6 is 0 Å². The molecular weight excluding hydrogens is 182 g/mol. The van der Waals surface area contributed by atoms with Gasteiger partial charge in [-0.25, -0.2) is 4.79 Å². The molecule has 0 spiro atoms. The lowest BCUT2D eigenvalue weighted by atomic mass is 9.84. The second-order valence-corrected chi connectivity index (χ2v) is 4.17. The van der Waals surface area contributed by atoms with Crippen LogP contribution in [0.3, 0.4) is 0 Å². The van der Waals surface area contributed by atoms with Crippen LogP contribution in [0.5, 0.6) is 0 Å². The predicted molar refractivity (Wildman–Crippen MR) is 49.4 cm³/mol. The maximum atomic E-state index is 11.5. The molecule has 4 nitrogen and oxygen atoms in total. The van der Waals surface area contributed by atoms with Crippen molar-refractivity contribution in [2.75, 3.05) is 0 Å². The summed E-state index contributed by atoms with van der Waals surface area (Å²) in [5.74, 6) is -0.129.